The number of carbonyl (C=O) groups excluding carboxylic acids is 1. The van der Waals surface area contributed by atoms with Crippen molar-refractivity contribution < 1.29 is 14.3 Å². The molecule has 1 saturated carbocycles. The lowest BCUT2D eigenvalue weighted by molar-refractivity contribution is 0.0899. The zero-order valence-electron chi connectivity index (χ0n) is 25.7. The van der Waals surface area contributed by atoms with Crippen LogP contribution in [0.1, 0.15) is 80.4 Å². The van der Waals surface area contributed by atoms with Crippen LogP contribution in [0.15, 0.2) is 79.1 Å². The van der Waals surface area contributed by atoms with E-state index in [1.807, 2.05) is 66.7 Å². The maximum absolute atomic E-state index is 13.5. The van der Waals surface area contributed by atoms with Crippen molar-refractivity contribution in [2.24, 2.45) is 11.8 Å². The topological polar surface area (TPSA) is 102 Å². The Bertz CT molecular complexity index is 1800. The van der Waals surface area contributed by atoms with Gasteiger partial charge in [-0.25, -0.2) is 9.97 Å². The van der Waals surface area contributed by atoms with Gasteiger partial charge in [0.1, 0.15) is 17.6 Å². The predicted octanol–water partition coefficient (Wildman–Crippen LogP) is 8.85. The number of benzene rings is 2. The second kappa shape index (κ2) is 13.1. The summed E-state index contributed by atoms with van der Waals surface area (Å²) >= 11 is 0. The van der Waals surface area contributed by atoms with E-state index in [2.05, 4.69) is 27.2 Å². The van der Waals surface area contributed by atoms with Crippen molar-refractivity contribution in [1.82, 2.24) is 19.9 Å². The van der Waals surface area contributed by atoms with Crippen LogP contribution in [0.4, 0.5) is 11.6 Å². The van der Waals surface area contributed by atoms with Gasteiger partial charge in [-0.3, -0.25) is 9.78 Å². The molecule has 8 heteroatoms. The van der Waals surface area contributed by atoms with Gasteiger partial charge in [0.15, 0.2) is 5.78 Å². The second-order valence-electron chi connectivity index (χ2n) is 12.4. The highest BCUT2D eigenvalue weighted by Crippen LogP contribution is 2.36. The van der Waals surface area contributed by atoms with E-state index in [1.54, 1.807) is 12.4 Å². The Morgan fingerprint density at radius 2 is 1.73 bits per heavy atom. The highest BCUT2D eigenvalue weighted by atomic mass is 16.5. The molecule has 5 aromatic rings. The molecule has 0 spiro atoms. The molecule has 3 aromatic heterocycles. The number of rotatable bonds is 7. The van der Waals surface area contributed by atoms with Crippen LogP contribution < -0.4 is 14.8 Å². The van der Waals surface area contributed by atoms with Gasteiger partial charge in [0, 0.05) is 53.0 Å². The number of ketones is 1. The van der Waals surface area contributed by atoms with Gasteiger partial charge in [0.2, 0.25) is 5.95 Å². The van der Waals surface area contributed by atoms with Crippen molar-refractivity contribution in [3.8, 4) is 22.9 Å². The molecule has 230 valence electrons. The van der Waals surface area contributed by atoms with Crippen LogP contribution in [0.25, 0.3) is 22.3 Å². The number of fused-ring (bicyclic) bond motifs is 2. The first-order valence-electron chi connectivity index (χ1n) is 16.2. The maximum atomic E-state index is 13.5. The SMILES string of the molecule is CC1CCCCC(C(=O)c2cc3cc(Nc4nccc(-c5cc(OC6CCOc7ccccc76)ccn5)n4)ccc3[nH]2)CCC1. The Morgan fingerprint density at radius 3 is 2.69 bits per heavy atom. The molecule has 3 unspecified atom stereocenters. The van der Waals surface area contributed by atoms with Crippen LogP contribution in [0.2, 0.25) is 0 Å². The van der Waals surface area contributed by atoms with Crippen molar-refractivity contribution in [2.75, 3.05) is 11.9 Å². The minimum Gasteiger partial charge on any atom is -0.493 e. The Kier molecular flexibility index (Phi) is 8.45. The average Bonchev–Trinajstić information content (AvgIpc) is 3.53. The van der Waals surface area contributed by atoms with E-state index in [0.29, 0.717) is 29.6 Å². The number of aromatic nitrogens is 4. The molecule has 45 heavy (non-hydrogen) atoms. The van der Waals surface area contributed by atoms with Crippen molar-refractivity contribution in [3.63, 3.8) is 0 Å². The van der Waals surface area contributed by atoms with Crippen molar-refractivity contribution in [1.29, 1.82) is 0 Å². The molecule has 0 radical (unpaired) electrons. The number of carbonyl (C=O) groups is 1. The standard InChI is InChI=1S/C37H39N5O3/c1-24-7-2-3-9-25(10-6-8-24)36(43)33-22-26-21-27(13-14-30(26)41-33)40-37-39-19-16-31(42-37)32-23-28(15-18-38-32)45-35-17-20-44-34-12-5-4-11-29(34)35/h4-5,11-16,18-19,21-25,35,41H,2-3,6-10,17,20H2,1H3,(H,39,40,42). The molecular weight excluding hydrogens is 562 g/mol. The molecule has 1 aliphatic heterocycles. The highest BCUT2D eigenvalue weighted by molar-refractivity contribution is 6.01. The van der Waals surface area contributed by atoms with Crippen LogP contribution in [-0.4, -0.2) is 32.3 Å². The first kappa shape index (κ1) is 29.0. The van der Waals surface area contributed by atoms with Gasteiger partial charge in [-0.15, -0.1) is 0 Å². The van der Waals surface area contributed by atoms with E-state index >= 15 is 0 Å². The van der Waals surface area contributed by atoms with Gasteiger partial charge < -0.3 is 19.8 Å². The molecule has 0 saturated heterocycles. The fourth-order valence-electron chi connectivity index (χ4n) is 6.62. The number of H-pyrrole nitrogens is 1. The third kappa shape index (κ3) is 6.70. The highest BCUT2D eigenvalue weighted by Gasteiger charge is 2.24. The lowest BCUT2D eigenvalue weighted by Crippen LogP contribution is -2.18. The summed E-state index contributed by atoms with van der Waals surface area (Å²) in [7, 11) is 0. The van der Waals surface area contributed by atoms with Gasteiger partial charge in [0.25, 0.3) is 0 Å². The van der Waals surface area contributed by atoms with Crippen LogP contribution in [0, 0.1) is 11.8 Å². The van der Waals surface area contributed by atoms with Crippen molar-refractivity contribution in [3.05, 3.63) is 90.4 Å². The first-order valence-corrected chi connectivity index (χ1v) is 16.2. The van der Waals surface area contributed by atoms with E-state index in [9.17, 15) is 4.79 Å². The number of hydrogen-bond donors (Lipinski definition) is 2. The minimum absolute atomic E-state index is 0.0860. The quantitative estimate of drug-likeness (QED) is 0.180. The van der Waals surface area contributed by atoms with Crippen LogP contribution in [0.5, 0.6) is 11.5 Å². The van der Waals surface area contributed by atoms with E-state index in [1.165, 1.54) is 19.3 Å². The van der Waals surface area contributed by atoms with E-state index in [4.69, 9.17) is 14.5 Å². The Hall–Kier alpha value is -4.72. The third-order valence-electron chi connectivity index (χ3n) is 9.09. The summed E-state index contributed by atoms with van der Waals surface area (Å²) in [4.78, 5) is 30.6. The van der Waals surface area contributed by atoms with Crippen LogP contribution in [-0.2, 0) is 0 Å². The normalized spacial score (nSPS) is 20.2. The summed E-state index contributed by atoms with van der Waals surface area (Å²) in [5.41, 5.74) is 4.93. The molecule has 3 atom stereocenters. The van der Waals surface area contributed by atoms with Crippen molar-refractivity contribution in [2.45, 2.75) is 64.4 Å². The summed E-state index contributed by atoms with van der Waals surface area (Å²) in [6.45, 7) is 2.96. The Morgan fingerprint density at radius 1 is 0.889 bits per heavy atom. The number of ether oxygens (including phenoxy) is 2. The summed E-state index contributed by atoms with van der Waals surface area (Å²) in [5, 5.41) is 4.32. The van der Waals surface area contributed by atoms with E-state index < -0.39 is 0 Å². The minimum atomic E-state index is -0.0860. The monoisotopic (exact) mass is 601 g/mol. The van der Waals surface area contributed by atoms with Crippen molar-refractivity contribution >= 4 is 28.3 Å². The van der Waals surface area contributed by atoms with Gasteiger partial charge in [-0.1, -0.05) is 57.2 Å². The van der Waals surface area contributed by atoms with Gasteiger partial charge in [-0.2, -0.15) is 0 Å². The number of para-hydroxylation sites is 1. The van der Waals surface area contributed by atoms with Gasteiger partial charge >= 0.3 is 0 Å². The number of anilines is 2. The summed E-state index contributed by atoms with van der Waals surface area (Å²) in [5.74, 6) is 3.16. The number of hydrogen-bond acceptors (Lipinski definition) is 7. The zero-order valence-corrected chi connectivity index (χ0v) is 25.7. The zero-order chi connectivity index (χ0) is 30.6. The third-order valence-corrected chi connectivity index (χ3v) is 9.09. The number of aromatic amines is 1. The number of nitrogens with one attached hydrogen (secondary N) is 2. The number of nitrogens with zero attached hydrogens (tertiary/aromatic N) is 3. The molecule has 0 amide bonds. The maximum Gasteiger partial charge on any atom is 0.227 e. The molecule has 2 aromatic carbocycles. The lowest BCUT2D eigenvalue weighted by atomic mass is 9.91. The smallest absolute Gasteiger partial charge is 0.227 e. The largest absolute Gasteiger partial charge is 0.493 e. The number of Topliss-reactive ketones (excluding diaryl/α,β-unsaturated/α-hetero) is 1. The number of pyridine rings is 1. The molecule has 1 fully saturated rings. The van der Waals surface area contributed by atoms with E-state index in [0.717, 1.165) is 71.7 Å². The Labute approximate surface area is 263 Å². The summed E-state index contributed by atoms with van der Waals surface area (Å²) in [6.07, 6.45) is 12.1. The molecule has 0 bridgehead atoms. The van der Waals surface area contributed by atoms with Gasteiger partial charge in [0.05, 0.1) is 23.7 Å². The first-order chi connectivity index (χ1) is 22.1. The Balaban J connectivity index is 1.05. The summed E-state index contributed by atoms with van der Waals surface area (Å²) in [6, 6.07) is 21.6. The molecule has 2 aliphatic rings. The average molecular weight is 602 g/mol. The summed E-state index contributed by atoms with van der Waals surface area (Å²) < 4.78 is 12.2. The molecular formula is C37H39N5O3. The van der Waals surface area contributed by atoms with Gasteiger partial charge in [-0.05, 0) is 61.2 Å². The fourth-order valence-corrected chi connectivity index (χ4v) is 6.62. The molecule has 2 N–H and O–H groups in total. The molecule has 4 heterocycles. The molecule has 1 aliphatic carbocycles. The second-order valence-corrected chi connectivity index (χ2v) is 12.4. The fraction of sp³-hybridized carbons (Fsp3) is 0.351. The van der Waals surface area contributed by atoms with Crippen LogP contribution >= 0.6 is 0 Å². The van der Waals surface area contributed by atoms with Crippen LogP contribution in [0.3, 0.4) is 0 Å². The predicted molar refractivity (Wildman–Crippen MR) is 176 cm³/mol. The lowest BCUT2D eigenvalue weighted by Gasteiger charge is -2.26. The molecule has 8 nitrogen and oxygen atoms in total. The van der Waals surface area contributed by atoms with E-state index in [-0.39, 0.29) is 17.8 Å². The molecule has 7 rings (SSSR count).